The van der Waals surface area contributed by atoms with Gasteiger partial charge in [-0.3, -0.25) is 0 Å². The van der Waals surface area contributed by atoms with Crippen LogP contribution in [0.25, 0.3) is 0 Å². The first kappa shape index (κ1) is 11.7. The fourth-order valence-electron chi connectivity index (χ4n) is 0.702. The Bertz CT molecular complexity index is 193. The Morgan fingerprint density at radius 1 is 1.38 bits per heavy atom. The minimum absolute atomic E-state index is 0.614. The first-order chi connectivity index (χ1) is 6.02. The van der Waals surface area contributed by atoms with Crippen molar-refractivity contribution in [2.45, 2.75) is 19.1 Å². The molecule has 0 saturated carbocycles. The van der Waals surface area contributed by atoms with E-state index in [1.165, 1.54) is 14.0 Å². The Morgan fingerprint density at radius 3 is 2.23 bits per heavy atom. The van der Waals surface area contributed by atoms with Gasteiger partial charge in [0, 0.05) is 7.11 Å². The summed E-state index contributed by atoms with van der Waals surface area (Å²) in [5.74, 6) is -1.17. The van der Waals surface area contributed by atoms with Gasteiger partial charge in [0.2, 0.25) is 0 Å². The minimum Gasteiger partial charge on any atom is -0.480 e. The average molecular weight is 191 g/mol. The Kier molecular flexibility index (Phi) is 4.83. The molecule has 0 aromatic heterocycles. The smallest absolute Gasteiger partial charge is 0.407 e. The summed E-state index contributed by atoms with van der Waals surface area (Å²) in [7, 11) is 2.52. The van der Waals surface area contributed by atoms with Crippen molar-refractivity contribution < 1.29 is 24.2 Å². The number of hydrogen-bond acceptors (Lipinski definition) is 4. The van der Waals surface area contributed by atoms with Crippen LogP contribution in [0, 0.1) is 0 Å². The van der Waals surface area contributed by atoms with E-state index < -0.39 is 24.2 Å². The Hall–Kier alpha value is -1.30. The minimum atomic E-state index is -1.17. The number of carboxylic acid groups (broad SMARTS) is 1. The van der Waals surface area contributed by atoms with Crippen LogP contribution in [0.4, 0.5) is 4.79 Å². The second-order valence-corrected chi connectivity index (χ2v) is 2.39. The largest absolute Gasteiger partial charge is 0.480 e. The van der Waals surface area contributed by atoms with Gasteiger partial charge in [0.1, 0.15) is 0 Å². The van der Waals surface area contributed by atoms with Crippen molar-refractivity contribution in [3.63, 3.8) is 0 Å². The first-order valence-electron chi connectivity index (χ1n) is 3.63. The van der Waals surface area contributed by atoms with Crippen molar-refractivity contribution in [1.82, 2.24) is 5.32 Å². The number of carboxylic acids is 1. The van der Waals surface area contributed by atoms with Crippen molar-refractivity contribution in [3.8, 4) is 0 Å². The number of carbonyl (C=O) groups excluding carboxylic acids is 1. The molecule has 1 unspecified atom stereocenters. The van der Waals surface area contributed by atoms with Crippen molar-refractivity contribution in [2.24, 2.45) is 0 Å². The van der Waals surface area contributed by atoms with E-state index in [-0.39, 0.29) is 0 Å². The summed E-state index contributed by atoms with van der Waals surface area (Å²) >= 11 is 0. The number of ether oxygens (including phenoxy) is 2. The van der Waals surface area contributed by atoms with Crippen LogP contribution in [0.3, 0.4) is 0 Å². The monoisotopic (exact) mass is 191 g/mol. The summed E-state index contributed by atoms with van der Waals surface area (Å²) in [5, 5.41) is 10.8. The topological polar surface area (TPSA) is 84.9 Å². The standard InChI is InChI=1S/C7H13NO5/c1-4(12-2)5(6(9)10)8-7(11)13-3/h4-5H,1-3H3,(H,8,11)(H,9,10)/t4-,5?/m1/s1. The van der Waals surface area contributed by atoms with Crippen LogP contribution >= 0.6 is 0 Å². The Morgan fingerprint density at radius 2 is 1.92 bits per heavy atom. The van der Waals surface area contributed by atoms with Crippen LogP contribution in [0.2, 0.25) is 0 Å². The van der Waals surface area contributed by atoms with Crippen molar-refractivity contribution in [3.05, 3.63) is 0 Å². The predicted octanol–water partition coefficient (Wildman–Crippen LogP) is -0.169. The highest BCUT2D eigenvalue weighted by molar-refractivity contribution is 5.80. The molecule has 0 radical (unpaired) electrons. The van der Waals surface area contributed by atoms with E-state index in [2.05, 4.69) is 10.1 Å². The third-order valence-corrected chi connectivity index (χ3v) is 1.57. The van der Waals surface area contributed by atoms with Gasteiger partial charge in [0.25, 0.3) is 0 Å². The Balaban J connectivity index is 4.26. The molecule has 2 atom stereocenters. The molecule has 6 nitrogen and oxygen atoms in total. The number of nitrogens with one attached hydrogen (secondary N) is 1. The molecule has 0 aliphatic rings. The van der Waals surface area contributed by atoms with E-state index in [1.807, 2.05) is 0 Å². The molecule has 0 aliphatic heterocycles. The lowest BCUT2D eigenvalue weighted by Gasteiger charge is -2.18. The highest BCUT2D eigenvalue weighted by Gasteiger charge is 2.26. The zero-order chi connectivity index (χ0) is 10.4. The average Bonchev–Trinajstić information content (AvgIpc) is 2.11. The summed E-state index contributed by atoms with van der Waals surface area (Å²) < 4.78 is 9.02. The molecule has 0 bridgehead atoms. The molecule has 0 aromatic carbocycles. The molecule has 0 rings (SSSR count). The quantitative estimate of drug-likeness (QED) is 0.644. The zero-order valence-corrected chi connectivity index (χ0v) is 7.73. The van der Waals surface area contributed by atoms with E-state index in [0.717, 1.165) is 7.11 Å². The number of aliphatic carboxylic acids is 1. The van der Waals surface area contributed by atoms with Crippen LogP contribution in [-0.2, 0) is 14.3 Å². The molecular formula is C7H13NO5. The number of amides is 1. The number of carbonyl (C=O) groups is 2. The fraction of sp³-hybridized carbons (Fsp3) is 0.714. The van der Waals surface area contributed by atoms with Gasteiger partial charge in [0.15, 0.2) is 6.04 Å². The maximum Gasteiger partial charge on any atom is 0.407 e. The molecule has 2 N–H and O–H groups in total. The molecule has 0 spiro atoms. The molecule has 0 saturated heterocycles. The molecular weight excluding hydrogens is 178 g/mol. The second kappa shape index (κ2) is 5.36. The zero-order valence-electron chi connectivity index (χ0n) is 7.73. The van der Waals surface area contributed by atoms with Crippen molar-refractivity contribution in [1.29, 1.82) is 0 Å². The van der Waals surface area contributed by atoms with Gasteiger partial charge in [-0.25, -0.2) is 9.59 Å². The van der Waals surface area contributed by atoms with Gasteiger partial charge in [-0.05, 0) is 6.92 Å². The summed E-state index contributed by atoms with van der Waals surface area (Å²) in [5.41, 5.74) is 0. The SMILES string of the molecule is COC(=O)NC(C(=O)O)[C@@H](C)OC. The van der Waals surface area contributed by atoms with Crippen molar-refractivity contribution in [2.75, 3.05) is 14.2 Å². The van der Waals surface area contributed by atoms with Gasteiger partial charge in [-0.15, -0.1) is 0 Å². The van der Waals surface area contributed by atoms with E-state index >= 15 is 0 Å². The highest BCUT2D eigenvalue weighted by Crippen LogP contribution is 1.98. The molecule has 0 aromatic rings. The normalized spacial score (nSPS) is 14.4. The molecule has 6 heteroatoms. The first-order valence-corrected chi connectivity index (χ1v) is 3.63. The maximum atomic E-state index is 10.7. The number of methoxy groups -OCH3 is 2. The summed E-state index contributed by atoms with van der Waals surface area (Å²) in [4.78, 5) is 21.3. The van der Waals surface area contributed by atoms with E-state index in [0.29, 0.717) is 0 Å². The van der Waals surface area contributed by atoms with E-state index in [1.54, 1.807) is 0 Å². The van der Waals surface area contributed by atoms with Crippen LogP contribution in [0.15, 0.2) is 0 Å². The number of hydrogen-bond donors (Lipinski definition) is 2. The van der Waals surface area contributed by atoms with Gasteiger partial charge in [0.05, 0.1) is 13.2 Å². The van der Waals surface area contributed by atoms with E-state index in [4.69, 9.17) is 9.84 Å². The highest BCUT2D eigenvalue weighted by atomic mass is 16.5. The Labute approximate surface area is 75.8 Å². The second-order valence-electron chi connectivity index (χ2n) is 2.39. The number of alkyl carbamates (subject to hydrolysis) is 1. The lowest BCUT2D eigenvalue weighted by Crippen LogP contribution is -2.48. The summed E-state index contributed by atoms with van der Waals surface area (Å²) in [6.07, 6.45) is -1.41. The molecule has 76 valence electrons. The third kappa shape index (κ3) is 3.75. The van der Waals surface area contributed by atoms with Gasteiger partial charge in [-0.1, -0.05) is 0 Å². The van der Waals surface area contributed by atoms with Gasteiger partial charge in [-0.2, -0.15) is 0 Å². The summed E-state index contributed by atoms with van der Waals surface area (Å²) in [6.45, 7) is 1.54. The van der Waals surface area contributed by atoms with Crippen LogP contribution in [-0.4, -0.2) is 43.5 Å². The molecule has 0 fully saturated rings. The predicted molar refractivity (Wildman–Crippen MR) is 43.4 cm³/mol. The molecule has 1 amide bonds. The van der Waals surface area contributed by atoms with Crippen LogP contribution in [0.5, 0.6) is 0 Å². The lowest BCUT2D eigenvalue weighted by atomic mass is 10.2. The lowest BCUT2D eigenvalue weighted by molar-refractivity contribution is -0.142. The third-order valence-electron chi connectivity index (χ3n) is 1.57. The van der Waals surface area contributed by atoms with Crippen molar-refractivity contribution >= 4 is 12.1 Å². The van der Waals surface area contributed by atoms with Gasteiger partial charge < -0.3 is 19.9 Å². The fourth-order valence-corrected chi connectivity index (χ4v) is 0.702. The van der Waals surface area contributed by atoms with Crippen LogP contribution < -0.4 is 5.32 Å². The van der Waals surface area contributed by atoms with E-state index in [9.17, 15) is 9.59 Å². The van der Waals surface area contributed by atoms with Gasteiger partial charge >= 0.3 is 12.1 Å². The molecule has 0 heterocycles. The maximum absolute atomic E-state index is 10.7. The molecule has 0 aliphatic carbocycles. The summed E-state index contributed by atoms with van der Waals surface area (Å²) in [6, 6.07) is -1.10. The number of rotatable bonds is 4. The van der Waals surface area contributed by atoms with Crippen LogP contribution in [0.1, 0.15) is 6.92 Å². The molecule has 13 heavy (non-hydrogen) atoms.